The molecular formula is C16H17NO2S. The molecule has 0 aliphatic carbocycles. The van der Waals surface area contributed by atoms with Gasteiger partial charge in [-0.2, -0.15) is 0 Å². The van der Waals surface area contributed by atoms with Gasteiger partial charge in [0.25, 0.3) is 0 Å². The lowest BCUT2D eigenvalue weighted by atomic mass is 10.2. The molecule has 3 nitrogen and oxygen atoms in total. The van der Waals surface area contributed by atoms with Crippen LogP contribution < -0.4 is 0 Å². The van der Waals surface area contributed by atoms with E-state index in [4.69, 9.17) is 4.18 Å². The van der Waals surface area contributed by atoms with Gasteiger partial charge in [-0.15, -0.1) is 0 Å². The number of aromatic nitrogens is 1. The van der Waals surface area contributed by atoms with Crippen LogP contribution in [0.4, 0.5) is 0 Å². The zero-order valence-electron chi connectivity index (χ0n) is 11.4. The van der Waals surface area contributed by atoms with Crippen LogP contribution in [-0.4, -0.2) is 21.6 Å². The third-order valence-electron chi connectivity index (χ3n) is 3.46. The van der Waals surface area contributed by atoms with Crippen molar-refractivity contribution in [2.75, 3.05) is 12.9 Å². The molecule has 1 atom stereocenters. The van der Waals surface area contributed by atoms with Crippen molar-refractivity contribution in [3.05, 3.63) is 48.5 Å². The number of hydrogen-bond donors (Lipinski definition) is 0. The highest BCUT2D eigenvalue weighted by atomic mass is 32.2. The molecule has 0 bridgehead atoms. The van der Waals surface area contributed by atoms with E-state index in [9.17, 15) is 4.21 Å². The monoisotopic (exact) mass is 287 g/mol. The summed E-state index contributed by atoms with van der Waals surface area (Å²) in [6.07, 6.45) is 2.41. The Hall–Kier alpha value is -1.65. The lowest BCUT2D eigenvalue weighted by Gasteiger charge is -2.07. The standard InChI is InChI=1S/C16H17NO2S/c1-20(18)19-12-6-11-17-15-9-4-2-7-13(15)14-8-3-5-10-16(14)17/h2-5,7-10H,6,11-12H2,1H3. The average Bonchev–Trinajstić information content (AvgIpc) is 2.78. The molecule has 0 fully saturated rings. The molecule has 0 saturated heterocycles. The van der Waals surface area contributed by atoms with Gasteiger partial charge in [0.05, 0.1) is 6.61 Å². The third-order valence-corrected chi connectivity index (χ3v) is 3.95. The van der Waals surface area contributed by atoms with Crippen LogP contribution in [0.2, 0.25) is 0 Å². The number of para-hydroxylation sites is 2. The van der Waals surface area contributed by atoms with E-state index in [1.165, 1.54) is 21.8 Å². The van der Waals surface area contributed by atoms with E-state index in [1.807, 2.05) is 0 Å². The molecule has 0 N–H and O–H groups in total. The van der Waals surface area contributed by atoms with Gasteiger partial charge in [0.2, 0.25) is 0 Å². The first kappa shape index (κ1) is 13.3. The van der Waals surface area contributed by atoms with E-state index >= 15 is 0 Å². The molecule has 3 aromatic rings. The lowest BCUT2D eigenvalue weighted by molar-refractivity contribution is 0.333. The first-order valence-electron chi connectivity index (χ1n) is 6.70. The van der Waals surface area contributed by atoms with Crippen molar-refractivity contribution in [3.63, 3.8) is 0 Å². The Bertz CT molecular complexity index is 710. The predicted molar refractivity (Wildman–Crippen MR) is 84.1 cm³/mol. The maximum absolute atomic E-state index is 10.9. The molecule has 3 rings (SSSR count). The van der Waals surface area contributed by atoms with Gasteiger partial charge in [0.15, 0.2) is 11.1 Å². The van der Waals surface area contributed by atoms with E-state index in [2.05, 4.69) is 53.1 Å². The molecule has 1 aromatic heterocycles. The molecule has 0 spiro atoms. The minimum absolute atomic E-state index is 0.518. The second kappa shape index (κ2) is 5.77. The quantitative estimate of drug-likeness (QED) is 0.673. The predicted octanol–water partition coefficient (Wildman–Crippen LogP) is 3.49. The molecule has 20 heavy (non-hydrogen) atoms. The summed E-state index contributed by atoms with van der Waals surface area (Å²) in [6, 6.07) is 16.9. The van der Waals surface area contributed by atoms with Crippen LogP contribution >= 0.6 is 0 Å². The van der Waals surface area contributed by atoms with E-state index < -0.39 is 11.1 Å². The summed E-state index contributed by atoms with van der Waals surface area (Å²) in [6.45, 7) is 1.38. The second-order valence-electron chi connectivity index (χ2n) is 4.76. The smallest absolute Gasteiger partial charge is 0.152 e. The molecule has 104 valence electrons. The second-order valence-corrected chi connectivity index (χ2v) is 5.80. The van der Waals surface area contributed by atoms with E-state index in [0.29, 0.717) is 6.61 Å². The highest BCUT2D eigenvalue weighted by Crippen LogP contribution is 2.28. The van der Waals surface area contributed by atoms with Crippen molar-refractivity contribution in [2.24, 2.45) is 0 Å². The number of nitrogens with zero attached hydrogens (tertiary/aromatic N) is 1. The van der Waals surface area contributed by atoms with E-state index in [-0.39, 0.29) is 0 Å². The summed E-state index contributed by atoms with van der Waals surface area (Å²) >= 11 is -1.18. The Morgan fingerprint density at radius 3 is 2.10 bits per heavy atom. The highest BCUT2D eigenvalue weighted by molar-refractivity contribution is 7.79. The molecule has 0 aliphatic heterocycles. The minimum atomic E-state index is -1.18. The SMILES string of the molecule is CS(=O)OCCCn1c2ccccc2c2ccccc21. The van der Waals surface area contributed by atoms with Crippen molar-refractivity contribution in [1.82, 2.24) is 4.57 Å². The van der Waals surface area contributed by atoms with Gasteiger partial charge >= 0.3 is 0 Å². The third kappa shape index (κ3) is 2.49. The Labute approximate surface area is 120 Å². The van der Waals surface area contributed by atoms with Crippen molar-refractivity contribution in [2.45, 2.75) is 13.0 Å². The van der Waals surface area contributed by atoms with Gasteiger partial charge in [0.1, 0.15) is 0 Å². The van der Waals surface area contributed by atoms with Crippen molar-refractivity contribution in [1.29, 1.82) is 0 Å². The number of aryl methyl sites for hydroxylation is 1. The summed E-state index contributed by atoms with van der Waals surface area (Å²) in [5, 5.41) is 2.56. The molecule has 1 heterocycles. The highest BCUT2D eigenvalue weighted by Gasteiger charge is 2.08. The van der Waals surface area contributed by atoms with Gasteiger partial charge in [-0.05, 0) is 18.6 Å². The zero-order valence-corrected chi connectivity index (χ0v) is 12.2. The fraction of sp³-hybridized carbons (Fsp3) is 0.250. The van der Waals surface area contributed by atoms with Crippen LogP contribution in [0.15, 0.2) is 48.5 Å². The molecule has 0 radical (unpaired) electrons. The van der Waals surface area contributed by atoms with Crippen molar-refractivity contribution >= 4 is 32.9 Å². The van der Waals surface area contributed by atoms with Crippen LogP contribution in [0.1, 0.15) is 6.42 Å². The molecule has 2 aromatic carbocycles. The van der Waals surface area contributed by atoms with Crippen LogP contribution in [0, 0.1) is 0 Å². The molecular weight excluding hydrogens is 270 g/mol. The van der Waals surface area contributed by atoms with Crippen LogP contribution in [0.3, 0.4) is 0 Å². The fourth-order valence-electron chi connectivity index (χ4n) is 2.64. The lowest BCUT2D eigenvalue weighted by Crippen LogP contribution is -2.03. The maximum Gasteiger partial charge on any atom is 0.152 e. The number of hydrogen-bond acceptors (Lipinski definition) is 2. The minimum Gasteiger partial charge on any atom is -0.340 e. The van der Waals surface area contributed by atoms with Crippen LogP contribution in [0.25, 0.3) is 21.8 Å². The van der Waals surface area contributed by atoms with E-state index in [1.54, 1.807) is 6.26 Å². The first-order valence-corrected chi connectivity index (χ1v) is 8.18. The van der Waals surface area contributed by atoms with Crippen LogP contribution in [0.5, 0.6) is 0 Å². The summed E-state index contributed by atoms with van der Waals surface area (Å²) < 4.78 is 18.3. The van der Waals surface area contributed by atoms with Gasteiger partial charge < -0.3 is 4.57 Å². The fourth-order valence-corrected chi connectivity index (χ4v) is 3.00. The largest absolute Gasteiger partial charge is 0.340 e. The van der Waals surface area contributed by atoms with Gasteiger partial charge in [-0.25, -0.2) is 4.21 Å². The Balaban J connectivity index is 1.97. The Kier molecular flexibility index (Phi) is 3.85. The van der Waals surface area contributed by atoms with E-state index in [0.717, 1.165) is 13.0 Å². The average molecular weight is 287 g/mol. The molecule has 1 unspecified atom stereocenters. The molecule has 0 saturated carbocycles. The van der Waals surface area contributed by atoms with Gasteiger partial charge in [-0.1, -0.05) is 36.4 Å². The normalized spacial score (nSPS) is 13.1. The summed E-state index contributed by atoms with van der Waals surface area (Å²) in [5.41, 5.74) is 2.48. The number of fused-ring (bicyclic) bond motifs is 3. The van der Waals surface area contributed by atoms with Gasteiger partial charge in [0, 0.05) is 34.6 Å². The number of rotatable bonds is 5. The zero-order chi connectivity index (χ0) is 13.9. The van der Waals surface area contributed by atoms with Gasteiger partial charge in [-0.3, -0.25) is 4.18 Å². The molecule has 0 amide bonds. The first-order chi connectivity index (χ1) is 9.77. The van der Waals surface area contributed by atoms with Crippen molar-refractivity contribution < 1.29 is 8.39 Å². The van der Waals surface area contributed by atoms with Crippen molar-refractivity contribution in [3.8, 4) is 0 Å². The molecule has 0 aliphatic rings. The summed E-state index contributed by atoms with van der Waals surface area (Å²) in [7, 11) is 0. The maximum atomic E-state index is 10.9. The van der Waals surface area contributed by atoms with Crippen LogP contribution in [-0.2, 0) is 21.8 Å². The summed E-state index contributed by atoms with van der Waals surface area (Å²) in [4.78, 5) is 0. The molecule has 4 heteroatoms. The topological polar surface area (TPSA) is 31.2 Å². The summed E-state index contributed by atoms with van der Waals surface area (Å²) in [5.74, 6) is 0. The Morgan fingerprint density at radius 1 is 1.00 bits per heavy atom. The Morgan fingerprint density at radius 2 is 1.55 bits per heavy atom. The number of benzene rings is 2.